The quantitative estimate of drug-likeness (QED) is 0.403. The number of amides is 1. The molecule has 0 bridgehead atoms. The van der Waals surface area contributed by atoms with Crippen LogP contribution in [0.1, 0.15) is 19.3 Å². The van der Waals surface area contributed by atoms with Crippen molar-refractivity contribution in [1.82, 2.24) is 19.8 Å². The molecule has 3 aromatic rings. The Kier molecular flexibility index (Phi) is 8.35. The molecule has 0 aliphatic carbocycles. The molecule has 4 rings (SSSR count). The summed E-state index contributed by atoms with van der Waals surface area (Å²) in [5.41, 5.74) is 0.312. The lowest BCUT2D eigenvalue weighted by Crippen LogP contribution is -2.47. The second-order valence-electron chi connectivity index (χ2n) is 8.66. The second kappa shape index (κ2) is 11.6. The SMILES string of the molecule is O=C(CCCn1c(=O)[nH]c2ccc(Br)cc2c1=O)NCCCN1CCN(c2ccccc2F)CC1. The van der Waals surface area contributed by atoms with Gasteiger partial charge in [0.25, 0.3) is 5.56 Å². The molecule has 0 unspecified atom stereocenters. The number of nitrogens with zero attached hydrogens (tertiary/aromatic N) is 3. The highest BCUT2D eigenvalue weighted by atomic mass is 79.9. The van der Waals surface area contributed by atoms with Crippen LogP contribution in [0.15, 0.2) is 56.5 Å². The molecule has 2 N–H and O–H groups in total. The number of carbonyl (C=O) groups excluding carboxylic acids is 1. The van der Waals surface area contributed by atoms with Crippen LogP contribution < -0.4 is 21.5 Å². The van der Waals surface area contributed by atoms with Crippen LogP contribution in [0.4, 0.5) is 10.1 Å². The fourth-order valence-electron chi connectivity index (χ4n) is 4.36. The topological polar surface area (TPSA) is 90.4 Å². The van der Waals surface area contributed by atoms with Gasteiger partial charge in [0.05, 0.1) is 16.6 Å². The number of nitrogens with one attached hydrogen (secondary N) is 2. The van der Waals surface area contributed by atoms with E-state index >= 15 is 0 Å². The number of fused-ring (bicyclic) bond motifs is 1. The molecular weight excluding hydrogens is 517 g/mol. The highest BCUT2D eigenvalue weighted by Gasteiger charge is 2.18. The molecule has 10 heteroatoms. The number of carbonyl (C=O) groups is 1. The molecule has 2 heterocycles. The summed E-state index contributed by atoms with van der Waals surface area (Å²) in [6, 6.07) is 12.0. The summed E-state index contributed by atoms with van der Waals surface area (Å²) in [6.07, 6.45) is 1.46. The number of halogens is 2. The van der Waals surface area contributed by atoms with Crippen LogP contribution in [0, 0.1) is 5.82 Å². The molecule has 0 saturated carbocycles. The van der Waals surface area contributed by atoms with Crippen LogP contribution in [0.3, 0.4) is 0 Å². The van der Waals surface area contributed by atoms with E-state index < -0.39 is 5.69 Å². The molecule has 35 heavy (non-hydrogen) atoms. The van der Waals surface area contributed by atoms with Crippen LogP contribution in [-0.4, -0.2) is 59.6 Å². The number of aromatic nitrogens is 2. The summed E-state index contributed by atoms with van der Waals surface area (Å²) in [5, 5.41) is 3.34. The zero-order valence-electron chi connectivity index (χ0n) is 19.4. The van der Waals surface area contributed by atoms with E-state index in [0.717, 1.165) is 48.2 Å². The number of anilines is 1. The standard InChI is InChI=1S/C25H29BrFN5O3/c26-18-8-9-21-19(17-18)24(34)32(25(35)29-21)12-3-7-23(33)28-10-4-11-30-13-15-31(16-14-30)22-6-2-1-5-20(22)27/h1-2,5-6,8-9,17H,3-4,7,10-16H2,(H,28,33)(H,29,35). The molecule has 1 aromatic heterocycles. The lowest BCUT2D eigenvalue weighted by Gasteiger charge is -2.36. The Morgan fingerprint density at radius 3 is 2.57 bits per heavy atom. The Morgan fingerprint density at radius 2 is 1.80 bits per heavy atom. The van der Waals surface area contributed by atoms with Gasteiger partial charge in [0.15, 0.2) is 0 Å². The van der Waals surface area contributed by atoms with Gasteiger partial charge in [0.1, 0.15) is 5.82 Å². The van der Waals surface area contributed by atoms with Crippen molar-refractivity contribution in [1.29, 1.82) is 0 Å². The van der Waals surface area contributed by atoms with E-state index in [0.29, 0.717) is 29.6 Å². The van der Waals surface area contributed by atoms with Crippen molar-refractivity contribution in [2.45, 2.75) is 25.8 Å². The number of H-pyrrole nitrogens is 1. The molecule has 1 fully saturated rings. The number of piperazine rings is 1. The predicted octanol–water partition coefficient (Wildman–Crippen LogP) is 2.70. The molecule has 2 aromatic carbocycles. The summed E-state index contributed by atoms with van der Waals surface area (Å²) in [5.74, 6) is -0.283. The van der Waals surface area contributed by atoms with E-state index in [2.05, 4.69) is 36.0 Å². The van der Waals surface area contributed by atoms with Crippen molar-refractivity contribution in [3.8, 4) is 0 Å². The summed E-state index contributed by atoms with van der Waals surface area (Å²) in [7, 11) is 0. The Labute approximate surface area is 210 Å². The Balaban J connectivity index is 1.15. The van der Waals surface area contributed by atoms with Crippen molar-refractivity contribution >= 4 is 38.4 Å². The average Bonchev–Trinajstić information content (AvgIpc) is 2.85. The van der Waals surface area contributed by atoms with Gasteiger partial charge in [-0.25, -0.2) is 9.18 Å². The van der Waals surface area contributed by atoms with E-state index in [1.165, 1.54) is 6.07 Å². The van der Waals surface area contributed by atoms with E-state index in [4.69, 9.17) is 0 Å². The van der Waals surface area contributed by atoms with Crippen LogP contribution in [-0.2, 0) is 11.3 Å². The van der Waals surface area contributed by atoms with Crippen LogP contribution in [0.5, 0.6) is 0 Å². The predicted molar refractivity (Wildman–Crippen MR) is 138 cm³/mol. The highest BCUT2D eigenvalue weighted by molar-refractivity contribution is 9.10. The van der Waals surface area contributed by atoms with Crippen molar-refractivity contribution in [2.75, 3.05) is 44.2 Å². The molecule has 1 amide bonds. The first-order chi connectivity index (χ1) is 16.9. The molecule has 1 aliphatic heterocycles. The first-order valence-electron chi connectivity index (χ1n) is 11.8. The van der Waals surface area contributed by atoms with Crippen molar-refractivity contribution in [3.05, 3.63) is 73.6 Å². The summed E-state index contributed by atoms with van der Waals surface area (Å²) >= 11 is 3.34. The maximum atomic E-state index is 14.0. The average molecular weight is 546 g/mol. The Morgan fingerprint density at radius 1 is 1.03 bits per heavy atom. The van der Waals surface area contributed by atoms with Crippen LogP contribution in [0.2, 0.25) is 0 Å². The molecule has 0 radical (unpaired) electrons. The van der Waals surface area contributed by atoms with Crippen LogP contribution >= 0.6 is 15.9 Å². The molecule has 0 spiro atoms. The monoisotopic (exact) mass is 545 g/mol. The van der Waals surface area contributed by atoms with E-state index in [-0.39, 0.29) is 30.2 Å². The maximum absolute atomic E-state index is 14.0. The van der Waals surface area contributed by atoms with Gasteiger partial charge in [-0.05, 0) is 49.7 Å². The van der Waals surface area contributed by atoms with E-state index in [1.807, 2.05) is 12.1 Å². The number of hydrogen-bond acceptors (Lipinski definition) is 5. The summed E-state index contributed by atoms with van der Waals surface area (Å²) < 4.78 is 15.9. The zero-order chi connectivity index (χ0) is 24.8. The van der Waals surface area contributed by atoms with Gasteiger partial charge < -0.3 is 15.2 Å². The van der Waals surface area contributed by atoms with Crippen molar-refractivity contribution in [2.24, 2.45) is 0 Å². The summed E-state index contributed by atoms with van der Waals surface area (Å²) in [6.45, 7) is 4.87. The number of para-hydroxylation sites is 1. The minimum atomic E-state index is -0.472. The molecule has 1 aliphatic rings. The van der Waals surface area contributed by atoms with Gasteiger partial charge in [-0.3, -0.25) is 19.1 Å². The molecule has 8 nitrogen and oxygen atoms in total. The van der Waals surface area contributed by atoms with Gasteiger partial charge in [-0.2, -0.15) is 0 Å². The number of aromatic amines is 1. The van der Waals surface area contributed by atoms with Gasteiger partial charge >= 0.3 is 5.69 Å². The third-order valence-electron chi connectivity index (χ3n) is 6.27. The lowest BCUT2D eigenvalue weighted by atomic mass is 10.2. The minimum Gasteiger partial charge on any atom is -0.367 e. The molecule has 186 valence electrons. The number of benzene rings is 2. The minimum absolute atomic E-state index is 0.0950. The lowest BCUT2D eigenvalue weighted by molar-refractivity contribution is -0.121. The normalized spacial score (nSPS) is 14.4. The van der Waals surface area contributed by atoms with E-state index in [9.17, 15) is 18.8 Å². The highest BCUT2D eigenvalue weighted by Crippen LogP contribution is 2.20. The molecular formula is C25H29BrFN5O3. The van der Waals surface area contributed by atoms with Gasteiger partial charge in [0, 0.05) is 50.2 Å². The van der Waals surface area contributed by atoms with E-state index in [1.54, 1.807) is 24.3 Å². The van der Waals surface area contributed by atoms with Gasteiger partial charge in [-0.15, -0.1) is 0 Å². The molecule has 0 atom stereocenters. The Bertz CT molecular complexity index is 1300. The number of hydrogen-bond donors (Lipinski definition) is 2. The largest absolute Gasteiger partial charge is 0.367 e. The molecule has 1 saturated heterocycles. The third-order valence-corrected chi connectivity index (χ3v) is 6.76. The third kappa shape index (κ3) is 6.37. The van der Waals surface area contributed by atoms with Crippen molar-refractivity contribution < 1.29 is 9.18 Å². The first-order valence-corrected chi connectivity index (χ1v) is 12.6. The van der Waals surface area contributed by atoms with Crippen LogP contribution in [0.25, 0.3) is 10.9 Å². The second-order valence-corrected chi connectivity index (χ2v) is 9.58. The maximum Gasteiger partial charge on any atom is 0.328 e. The summed E-state index contributed by atoms with van der Waals surface area (Å²) in [4.78, 5) is 44.2. The zero-order valence-corrected chi connectivity index (χ0v) is 21.0. The Hall–Kier alpha value is -2.98. The fourth-order valence-corrected chi connectivity index (χ4v) is 4.72. The first kappa shape index (κ1) is 25.1. The van der Waals surface area contributed by atoms with Gasteiger partial charge in [0.2, 0.25) is 5.91 Å². The number of rotatable bonds is 9. The van der Waals surface area contributed by atoms with Crippen molar-refractivity contribution in [3.63, 3.8) is 0 Å². The fraction of sp³-hybridized carbons (Fsp3) is 0.400. The van der Waals surface area contributed by atoms with Gasteiger partial charge in [-0.1, -0.05) is 28.1 Å². The smallest absolute Gasteiger partial charge is 0.328 e.